The van der Waals surface area contributed by atoms with Crippen LogP contribution in [0.15, 0.2) is 63.9 Å². The summed E-state index contributed by atoms with van der Waals surface area (Å²) < 4.78 is 28.9. The Kier molecular flexibility index (Phi) is 6.15. The molecule has 2 heterocycles. The molecule has 31 heavy (non-hydrogen) atoms. The molecule has 4 rings (SSSR count). The van der Waals surface area contributed by atoms with Gasteiger partial charge < -0.3 is 5.32 Å². The van der Waals surface area contributed by atoms with E-state index in [4.69, 9.17) is 0 Å². The summed E-state index contributed by atoms with van der Waals surface area (Å²) in [4.78, 5) is 29.9. The molecular formula is C22H17F2N3O2S2. The summed E-state index contributed by atoms with van der Waals surface area (Å²) in [5, 5.41) is 4.81. The fraction of sp³-hybridized carbons (Fsp3) is 0.136. The first-order valence-electron chi connectivity index (χ1n) is 9.32. The van der Waals surface area contributed by atoms with E-state index in [1.165, 1.54) is 34.1 Å². The van der Waals surface area contributed by atoms with Gasteiger partial charge in [0, 0.05) is 5.69 Å². The number of thioether (sulfide) groups is 1. The minimum atomic E-state index is -0.400. The molecule has 0 radical (unpaired) electrons. The van der Waals surface area contributed by atoms with Crippen LogP contribution in [-0.2, 0) is 11.3 Å². The Morgan fingerprint density at radius 1 is 1.16 bits per heavy atom. The molecule has 0 atom stereocenters. The van der Waals surface area contributed by atoms with E-state index in [1.54, 1.807) is 42.6 Å². The van der Waals surface area contributed by atoms with E-state index in [1.807, 2.05) is 0 Å². The molecule has 0 saturated heterocycles. The van der Waals surface area contributed by atoms with Gasteiger partial charge in [-0.25, -0.2) is 13.8 Å². The van der Waals surface area contributed by atoms with Crippen LogP contribution in [0.25, 0.3) is 10.2 Å². The number of aromatic nitrogens is 2. The fourth-order valence-corrected chi connectivity index (χ4v) is 4.52. The second-order valence-electron chi connectivity index (χ2n) is 6.85. The Bertz CT molecular complexity index is 1320. The van der Waals surface area contributed by atoms with Gasteiger partial charge in [0.05, 0.1) is 17.8 Å². The van der Waals surface area contributed by atoms with Crippen LogP contribution < -0.4 is 10.9 Å². The van der Waals surface area contributed by atoms with Crippen molar-refractivity contribution in [3.63, 3.8) is 0 Å². The number of hydrogen-bond donors (Lipinski definition) is 1. The molecule has 0 saturated carbocycles. The predicted octanol–water partition coefficient (Wildman–Crippen LogP) is 4.82. The summed E-state index contributed by atoms with van der Waals surface area (Å²) in [5.41, 5.74) is 1.94. The molecule has 5 nitrogen and oxygen atoms in total. The highest BCUT2D eigenvalue weighted by Gasteiger charge is 2.15. The third kappa shape index (κ3) is 4.83. The molecule has 0 aliphatic rings. The van der Waals surface area contributed by atoms with Crippen molar-refractivity contribution < 1.29 is 13.6 Å². The Hall–Kier alpha value is -3.04. The minimum Gasteiger partial charge on any atom is -0.325 e. The SMILES string of the molecule is Cc1ccc(NC(=O)CSc2nc3ccsc3c(=O)n2Cc2ccc(F)cc2)cc1F. The highest BCUT2D eigenvalue weighted by molar-refractivity contribution is 7.99. The number of anilines is 1. The van der Waals surface area contributed by atoms with Gasteiger partial charge in [0.2, 0.25) is 5.91 Å². The number of nitrogens with zero attached hydrogens (tertiary/aromatic N) is 2. The quantitative estimate of drug-likeness (QED) is 0.333. The number of benzene rings is 2. The standard InChI is InChI=1S/C22H17F2N3O2S2/c1-13-2-7-16(10-17(13)24)25-19(28)12-31-22-26-18-8-9-30-20(18)21(29)27(22)11-14-3-5-15(23)6-4-14/h2-10H,11-12H2,1H3,(H,25,28). The van der Waals surface area contributed by atoms with Gasteiger partial charge in [-0.2, -0.15) is 0 Å². The Balaban J connectivity index is 1.57. The average molecular weight is 458 g/mol. The third-order valence-corrected chi connectivity index (χ3v) is 6.44. The zero-order valence-corrected chi connectivity index (χ0v) is 18.0. The third-order valence-electron chi connectivity index (χ3n) is 4.57. The van der Waals surface area contributed by atoms with Gasteiger partial charge in [-0.3, -0.25) is 14.2 Å². The van der Waals surface area contributed by atoms with Gasteiger partial charge in [-0.05, 0) is 53.8 Å². The summed E-state index contributed by atoms with van der Waals surface area (Å²) in [5.74, 6) is -1.12. The molecule has 0 fully saturated rings. The maximum atomic E-state index is 13.7. The van der Waals surface area contributed by atoms with Crippen molar-refractivity contribution in [2.24, 2.45) is 0 Å². The van der Waals surface area contributed by atoms with Crippen molar-refractivity contribution in [2.45, 2.75) is 18.6 Å². The van der Waals surface area contributed by atoms with Crippen molar-refractivity contribution in [1.82, 2.24) is 9.55 Å². The predicted molar refractivity (Wildman–Crippen MR) is 120 cm³/mol. The molecule has 2 aromatic heterocycles. The number of carbonyl (C=O) groups excluding carboxylic acids is 1. The highest BCUT2D eigenvalue weighted by atomic mass is 32.2. The van der Waals surface area contributed by atoms with E-state index >= 15 is 0 Å². The second-order valence-corrected chi connectivity index (χ2v) is 8.71. The van der Waals surface area contributed by atoms with E-state index in [2.05, 4.69) is 10.3 Å². The first-order valence-corrected chi connectivity index (χ1v) is 11.2. The minimum absolute atomic E-state index is 0.0129. The lowest BCUT2D eigenvalue weighted by atomic mass is 10.2. The molecule has 1 amide bonds. The lowest BCUT2D eigenvalue weighted by Gasteiger charge is -2.12. The summed E-state index contributed by atoms with van der Waals surface area (Å²) >= 11 is 2.41. The average Bonchev–Trinajstić information content (AvgIpc) is 3.22. The number of halogens is 2. The van der Waals surface area contributed by atoms with Crippen LogP contribution in [0.4, 0.5) is 14.5 Å². The fourth-order valence-electron chi connectivity index (χ4n) is 2.94. The molecule has 0 unspecified atom stereocenters. The van der Waals surface area contributed by atoms with Crippen molar-refractivity contribution >= 4 is 44.9 Å². The molecule has 0 aliphatic carbocycles. The van der Waals surface area contributed by atoms with Gasteiger partial charge in [-0.15, -0.1) is 11.3 Å². The van der Waals surface area contributed by atoms with E-state index in [9.17, 15) is 18.4 Å². The number of nitrogens with one attached hydrogen (secondary N) is 1. The van der Waals surface area contributed by atoms with Crippen molar-refractivity contribution in [2.75, 3.05) is 11.1 Å². The number of carbonyl (C=O) groups is 1. The smallest absolute Gasteiger partial charge is 0.272 e. The van der Waals surface area contributed by atoms with E-state index < -0.39 is 5.82 Å². The first kappa shape index (κ1) is 21.2. The molecule has 0 aliphatic heterocycles. The van der Waals surface area contributed by atoms with Crippen molar-refractivity contribution in [3.8, 4) is 0 Å². The molecule has 0 spiro atoms. The highest BCUT2D eigenvalue weighted by Crippen LogP contribution is 2.22. The van der Waals surface area contributed by atoms with E-state index in [0.29, 0.717) is 26.6 Å². The van der Waals surface area contributed by atoms with Gasteiger partial charge >= 0.3 is 0 Å². The summed E-state index contributed by atoms with van der Waals surface area (Å²) in [6.07, 6.45) is 0. The second kappa shape index (κ2) is 8.99. The normalized spacial score (nSPS) is 11.1. The molecule has 2 aromatic carbocycles. The monoisotopic (exact) mass is 457 g/mol. The van der Waals surface area contributed by atoms with Crippen LogP contribution in [0.1, 0.15) is 11.1 Å². The molecular weight excluding hydrogens is 440 g/mol. The number of rotatable bonds is 6. The van der Waals surface area contributed by atoms with Crippen LogP contribution in [0.3, 0.4) is 0 Å². The van der Waals surface area contributed by atoms with E-state index in [-0.39, 0.29) is 29.6 Å². The number of amides is 1. The largest absolute Gasteiger partial charge is 0.325 e. The van der Waals surface area contributed by atoms with E-state index in [0.717, 1.165) is 17.3 Å². The number of fused-ring (bicyclic) bond motifs is 1. The van der Waals surface area contributed by atoms with Gasteiger partial charge in [0.15, 0.2) is 5.16 Å². The van der Waals surface area contributed by atoms with Crippen LogP contribution in [0.2, 0.25) is 0 Å². The van der Waals surface area contributed by atoms with Crippen LogP contribution in [0, 0.1) is 18.6 Å². The molecule has 1 N–H and O–H groups in total. The summed E-state index contributed by atoms with van der Waals surface area (Å²) in [6, 6.07) is 12.1. The molecule has 0 bridgehead atoms. The lowest BCUT2D eigenvalue weighted by Crippen LogP contribution is -2.24. The maximum absolute atomic E-state index is 13.7. The number of hydrogen-bond acceptors (Lipinski definition) is 5. The Labute approximate surface area is 184 Å². The van der Waals surface area contributed by atoms with Gasteiger partial charge in [0.1, 0.15) is 16.3 Å². The van der Waals surface area contributed by atoms with Crippen molar-refractivity contribution in [1.29, 1.82) is 0 Å². The first-order chi connectivity index (χ1) is 14.9. The number of aryl methyl sites for hydroxylation is 1. The van der Waals surface area contributed by atoms with Gasteiger partial charge in [-0.1, -0.05) is 30.0 Å². The Morgan fingerprint density at radius 3 is 2.68 bits per heavy atom. The zero-order chi connectivity index (χ0) is 22.0. The Morgan fingerprint density at radius 2 is 1.94 bits per heavy atom. The maximum Gasteiger partial charge on any atom is 0.272 e. The molecule has 9 heteroatoms. The number of thiophene rings is 1. The van der Waals surface area contributed by atoms with Crippen LogP contribution in [0.5, 0.6) is 0 Å². The van der Waals surface area contributed by atoms with Gasteiger partial charge in [0.25, 0.3) is 5.56 Å². The molecule has 158 valence electrons. The van der Waals surface area contributed by atoms with Crippen LogP contribution >= 0.6 is 23.1 Å². The topological polar surface area (TPSA) is 64.0 Å². The van der Waals surface area contributed by atoms with Crippen LogP contribution in [-0.4, -0.2) is 21.2 Å². The summed E-state index contributed by atoms with van der Waals surface area (Å²) in [6.45, 7) is 1.84. The zero-order valence-electron chi connectivity index (χ0n) is 16.4. The molecule has 4 aromatic rings. The lowest BCUT2D eigenvalue weighted by molar-refractivity contribution is -0.113. The van der Waals surface area contributed by atoms with Crippen molar-refractivity contribution in [3.05, 3.63) is 87.0 Å². The summed E-state index contributed by atoms with van der Waals surface area (Å²) in [7, 11) is 0.